The summed E-state index contributed by atoms with van der Waals surface area (Å²) in [5.41, 5.74) is 8.66. The van der Waals surface area contributed by atoms with Gasteiger partial charge in [0.05, 0.1) is 0 Å². The lowest BCUT2D eigenvalue weighted by Gasteiger charge is -2.37. The Morgan fingerprint density at radius 1 is 1.07 bits per heavy atom. The van der Waals surface area contributed by atoms with Gasteiger partial charge in [0.1, 0.15) is 11.4 Å². The number of rotatable bonds is 13. The molecule has 2 aliphatic heterocycles. The van der Waals surface area contributed by atoms with Crippen LogP contribution >= 0.6 is 10.7 Å². The fourth-order valence-corrected chi connectivity index (χ4v) is 7.59. The van der Waals surface area contributed by atoms with Gasteiger partial charge in [0.2, 0.25) is 5.92 Å². The maximum absolute atomic E-state index is 14.4. The summed E-state index contributed by atoms with van der Waals surface area (Å²) in [6, 6.07) is 3.42. The standard InChI is InChI=1S/C30H44F5N5O2S/c1-5-43(18-10-24-21(2)19-23(20-22(24)3)39(4)27(36)42)40-16-14-28(15-17-40)26(41)37-25(38-28)9-13-29(31,32)11-7-6-8-12-30(33,34)35/h5,19-20H,6-18H2,1-4H3,(H2,36,42)(H,37,38,41). The zero-order valence-electron chi connectivity index (χ0n) is 25.5. The van der Waals surface area contributed by atoms with Crippen LogP contribution in [0.15, 0.2) is 17.1 Å². The first-order chi connectivity index (χ1) is 20.1. The molecule has 1 fully saturated rings. The zero-order chi connectivity index (χ0) is 32.0. The number of anilines is 1. The van der Waals surface area contributed by atoms with Gasteiger partial charge in [-0.05, 0) is 81.7 Å². The number of aryl methyl sites for hydroxylation is 2. The number of alkyl halides is 5. The largest absolute Gasteiger partial charge is 0.389 e. The average molecular weight is 634 g/mol. The van der Waals surface area contributed by atoms with Crippen LogP contribution in [0.5, 0.6) is 0 Å². The van der Waals surface area contributed by atoms with Gasteiger partial charge >= 0.3 is 12.2 Å². The Morgan fingerprint density at radius 2 is 1.67 bits per heavy atom. The Hall–Kier alpha value is -2.54. The van der Waals surface area contributed by atoms with Crippen LogP contribution in [0.25, 0.3) is 0 Å². The van der Waals surface area contributed by atoms with E-state index in [0.717, 1.165) is 29.0 Å². The second kappa shape index (κ2) is 14.5. The molecule has 0 bridgehead atoms. The van der Waals surface area contributed by atoms with Crippen LogP contribution in [-0.2, 0) is 11.2 Å². The molecule has 1 unspecified atom stereocenters. The van der Waals surface area contributed by atoms with E-state index in [2.05, 4.69) is 20.0 Å². The molecule has 1 atom stereocenters. The maximum atomic E-state index is 14.4. The second-order valence-corrected chi connectivity index (χ2v) is 13.7. The Balaban J connectivity index is 1.51. The van der Waals surface area contributed by atoms with Crippen molar-refractivity contribution in [3.8, 4) is 0 Å². The average Bonchev–Trinajstić information content (AvgIpc) is 3.22. The van der Waals surface area contributed by atoms with Gasteiger partial charge in [0, 0.05) is 57.3 Å². The number of aliphatic imine (C=N–C) groups is 1. The molecular weight excluding hydrogens is 589 g/mol. The fourth-order valence-electron chi connectivity index (χ4n) is 5.73. The number of hydrogen-bond acceptors (Lipinski definition) is 4. The van der Waals surface area contributed by atoms with Crippen LogP contribution in [-0.4, -0.2) is 71.0 Å². The number of halogens is 5. The molecular formula is C30H44F5N5O2S. The predicted octanol–water partition coefficient (Wildman–Crippen LogP) is 6.66. The van der Waals surface area contributed by atoms with Gasteiger partial charge in [0.15, 0.2) is 0 Å². The number of benzene rings is 1. The van der Waals surface area contributed by atoms with E-state index >= 15 is 0 Å². The number of hydrogen-bond donors (Lipinski definition) is 2. The van der Waals surface area contributed by atoms with Crippen molar-refractivity contribution >= 4 is 39.5 Å². The molecule has 43 heavy (non-hydrogen) atoms. The number of carbonyl (C=O) groups excluding carboxylic acids is 2. The Morgan fingerprint density at radius 3 is 2.23 bits per heavy atom. The third kappa shape index (κ3) is 9.72. The maximum Gasteiger partial charge on any atom is 0.389 e. The lowest BCUT2D eigenvalue weighted by molar-refractivity contribution is -0.135. The number of amides is 3. The van der Waals surface area contributed by atoms with Crippen LogP contribution in [0, 0.1) is 13.8 Å². The van der Waals surface area contributed by atoms with E-state index in [1.165, 1.54) is 10.5 Å². The Labute approximate surface area is 253 Å². The predicted molar refractivity (Wildman–Crippen MR) is 164 cm³/mol. The molecule has 3 amide bonds. The minimum atomic E-state index is -4.26. The molecule has 0 aromatic heterocycles. The van der Waals surface area contributed by atoms with E-state index in [1.54, 1.807) is 7.05 Å². The highest BCUT2D eigenvalue weighted by molar-refractivity contribution is 8.12. The molecule has 2 aliphatic rings. The molecule has 7 nitrogen and oxygen atoms in total. The Bertz CT molecular complexity index is 1200. The SMILES string of the molecule is C/C=S(/CCc1c(C)cc(N(C)C(N)=O)cc1C)N1CCC2(CC1)N=C(CCC(F)(F)CCCCCC(F)(F)F)NC2=O. The van der Waals surface area contributed by atoms with Gasteiger partial charge in [0.25, 0.3) is 5.91 Å². The van der Waals surface area contributed by atoms with E-state index in [4.69, 9.17) is 5.73 Å². The van der Waals surface area contributed by atoms with Crippen LogP contribution < -0.4 is 16.0 Å². The lowest BCUT2D eigenvalue weighted by atomic mass is 9.89. The van der Waals surface area contributed by atoms with E-state index in [0.29, 0.717) is 25.9 Å². The summed E-state index contributed by atoms with van der Waals surface area (Å²) in [5.74, 6) is -2.09. The Kier molecular flexibility index (Phi) is 11.8. The van der Waals surface area contributed by atoms with Crippen molar-refractivity contribution in [2.75, 3.05) is 30.8 Å². The molecule has 242 valence electrons. The van der Waals surface area contributed by atoms with Gasteiger partial charge in [-0.3, -0.25) is 19.0 Å². The van der Waals surface area contributed by atoms with Crippen molar-refractivity contribution in [2.24, 2.45) is 10.7 Å². The molecule has 13 heteroatoms. The molecule has 3 rings (SSSR count). The van der Waals surface area contributed by atoms with Gasteiger partial charge in [-0.1, -0.05) is 11.8 Å². The molecule has 2 heterocycles. The summed E-state index contributed by atoms with van der Waals surface area (Å²) in [4.78, 5) is 30.5. The van der Waals surface area contributed by atoms with Crippen molar-refractivity contribution in [3.63, 3.8) is 0 Å². The zero-order valence-corrected chi connectivity index (χ0v) is 26.3. The third-order valence-electron chi connectivity index (χ3n) is 8.37. The molecule has 1 aromatic rings. The molecule has 1 aromatic carbocycles. The molecule has 0 aliphatic carbocycles. The first-order valence-electron chi connectivity index (χ1n) is 14.8. The number of urea groups is 1. The minimum Gasteiger partial charge on any atom is -0.351 e. The third-order valence-corrected chi connectivity index (χ3v) is 10.6. The summed E-state index contributed by atoms with van der Waals surface area (Å²) < 4.78 is 67.8. The van der Waals surface area contributed by atoms with Gasteiger partial charge < -0.3 is 11.1 Å². The van der Waals surface area contributed by atoms with Gasteiger partial charge in [-0.25, -0.2) is 13.6 Å². The van der Waals surface area contributed by atoms with E-state index < -0.39 is 42.9 Å². The number of amidine groups is 1. The monoisotopic (exact) mass is 633 g/mol. The number of piperidine rings is 1. The van der Waals surface area contributed by atoms with Gasteiger partial charge in [-0.2, -0.15) is 13.2 Å². The first kappa shape index (κ1) is 34.9. The number of unbranched alkanes of at least 4 members (excludes halogenated alkanes) is 2. The van der Waals surface area contributed by atoms with E-state index in [9.17, 15) is 31.5 Å². The molecule has 0 saturated carbocycles. The number of primary amides is 1. The summed E-state index contributed by atoms with van der Waals surface area (Å²) in [6.07, 6.45) is -4.44. The van der Waals surface area contributed by atoms with Crippen molar-refractivity contribution in [1.82, 2.24) is 9.62 Å². The number of nitrogens with two attached hydrogens (primary N) is 1. The van der Waals surface area contributed by atoms with Crippen LogP contribution in [0.2, 0.25) is 0 Å². The topological polar surface area (TPSA) is 91.0 Å². The van der Waals surface area contributed by atoms with Crippen LogP contribution in [0.1, 0.15) is 81.4 Å². The molecule has 3 N–H and O–H groups in total. The second-order valence-electron chi connectivity index (χ2n) is 11.6. The van der Waals surface area contributed by atoms with Gasteiger partial charge in [-0.15, -0.1) is 10.7 Å². The quantitative estimate of drug-likeness (QED) is 0.145. The minimum absolute atomic E-state index is 0.0230. The van der Waals surface area contributed by atoms with Crippen molar-refractivity contribution in [3.05, 3.63) is 28.8 Å². The van der Waals surface area contributed by atoms with E-state index in [-0.39, 0.29) is 48.1 Å². The normalized spacial score (nSPS) is 18.2. The first-order valence-corrected chi connectivity index (χ1v) is 16.2. The fraction of sp³-hybridized carbons (Fsp3) is 0.667. The highest BCUT2D eigenvalue weighted by atomic mass is 32.2. The number of nitrogens with zero attached hydrogens (tertiary/aromatic N) is 3. The van der Waals surface area contributed by atoms with Crippen LogP contribution in [0.4, 0.5) is 32.4 Å². The highest BCUT2D eigenvalue weighted by Gasteiger charge is 2.46. The number of carbonyl (C=O) groups is 2. The number of nitrogens with one attached hydrogen (secondary N) is 1. The van der Waals surface area contributed by atoms with Crippen LogP contribution in [0.3, 0.4) is 0 Å². The van der Waals surface area contributed by atoms with Crippen molar-refractivity contribution < 1.29 is 31.5 Å². The highest BCUT2D eigenvalue weighted by Crippen LogP contribution is 2.36. The lowest BCUT2D eigenvalue weighted by Crippen LogP contribution is -2.47. The summed E-state index contributed by atoms with van der Waals surface area (Å²) in [6.45, 7) is 7.41. The van der Waals surface area contributed by atoms with Crippen molar-refractivity contribution in [2.45, 2.75) is 103 Å². The molecule has 0 radical (unpaired) electrons. The summed E-state index contributed by atoms with van der Waals surface area (Å²) in [7, 11) is 1.51. The summed E-state index contributed by atoms with van der Waals surface area (Å²) >= 11 is 0. The van der Waals surface area contributed by atoms with E-state index in [1.807, 2.05) is 32.9 Å². The smallest absolute Gasteiger partial charge is 0.351 e. The van der Waals surface area contributed by atoms with Crippen molar-refractivity contribution in [1.29, 1.82) is 0 Å². The molecule has 1 saturated heterocycles. The summed E-state index contributed by atoms with van der Waals surface area (Å²) in [5, 5.41) is 4.90. The molecule has 1 spiro atoms.